The molecule has 0 heterocycles. The topological polar surface area (TPSA) is 54.4 Å². The maximum Gasteiger partial charge on any atom is 0.177 e. The fourth-order valence-electron chi connectivity index (χ4n) is 3.62. The second-order valence-corrected chi connectivity index (χ2v) is 7.48. The maximum atomic E-state index is 13.9. The third-order valence-corrected chi connectivity index (χ3v) is 6.17. The maximum absolute atomic E-state index is 13.9. The summed E-state index contributed by atoms with van der Waals surface area (Å²) in [5.41, 5.74) is 1.64. The number of Topliss-reactive ketones (excluding diaryl/α,β-unsaturated/α-hetero) is 1. The van der Waals surface area contributed by atoms with Gasteiger partial charge in [-0.2, -0.15) is 0 Å². The lowest BCUT2D eigenvalue weighted by Crippen LogP contribution is -2.53. The second kappa shape index (κ2) is 5.81. The van der Waals surface area contributed by atoms with Crippen LogP contribution >= 0.6 is 15.9 Å². The van der Waals surface area contributed by atoms with Gasteiger partial charge in [0.1, 0.15) is 4.32 Å². The van der Waals surface area contributed by atoms with Crippen LogP contribution in [0.2, 0.25) is 0 Å². The summed E-state index contributed by atoms with van der Waals surface area (Å²) in [5, 5.41) is 9.45. The Balaban J connectivity index is 2.24. The molecule has 0 radical (unpaired) electrons. The van der Waals surface area contributed by atoms with E-state index in [0.717, 1.165) is 5.57 Å². The van der Waals surface area contributed by atoms with Gasteiger partial charge in [0.05, 0.1) is 0 Å². The van der Waals surface area contributed by atoms with Gasteiger partial charge in [-0.3, -0.25) is 9.59 Å². The highest BCUT2D eigenvalue weighted by atomic mass is 79.9. The van der Waals surface area contributed by atoms with Gasteiger partial charge >= 0.3 is 0 Å². The minimum Gasteiger partial charge on any atom is -0.505 e. The molecule has 0 spiro atoms. The van der Waals surface area contributed by atoms with Crippen molar-refractivity contribution in [2.75, 3.05) is 0 Å². The van der Waals surface area contributed by atoms with Gasteiger partial charge in [0.25, 0.3) is 0 Å². The van der Waals surface area contributed by atoms with Crippen LogP contribution in [0.4, 0.5) is 4.39 Å². The standard InChI is InChI=1S/C19H16BrFO3/c1-3-11-4-6-13-16(23)8-10(2)18(24)19(13,20)17(11)12-5-7-15(22)14(21)9-12/h3-5,7-9,13,17,22H,1,6H2,2H3/t13-,17+,19-/m0/s1. The number of benzene rings is 1. The van der Waals surface area contributed by atoms with E-state index < -0.39 is 27.7 Å². The van der Waals surface area contributed by atoms with Crippen molar-refractivity contribution < 1.29 is 19.1 Å². The highest BCUT2D eigenvalue weighted by Crippen LogP contribution is 2.54. The molecule has 24 heavy (non-hydrogen) atoms. The van der Waals surface area contributed by atoms with Gasteiger partial charge in [-0.1, -0.05) is 40.7 Å². The third kappa shape index (κ3) is 2.30. The van der Waals surface area contributed by atoms with Crippen molar-refractivity contribution >= 4 is 27.5 Å². The molecule has 1 aromatic rings. The number of ketones is 2. The molecule has 0 bridgehead atoms. The summed E-state index contributed by atoms with van der Waals surface area (Å²) >= 11 is 3.56. The lowest BCUT2D eigenvalue weighted by atomic mass is 9.62. The Morgan fingerprint density at radius 1 is 1.42 bits per heavy atom. The number of carbonyl (C=O) groups excluding carboxylic acids is 2. The number of rotatable bonds is 2. The number of carbonyl (C=O) groups is 2. The zero-order valence-electron chi connectivity index (χ0n) is 13.1. The number of alkyl halides is 1. The molecular formula is C19H16BrFO3. The molecule has 3 rings (SSSR count). The first-order valence-corrected chi connectivity index (χ1v) is 8.36. The van der Waals surface area contributed by atoms with Crippen LogP contribution in [0.1, 0.15) is 24.8 Å². The van der Waals surface area contributed by atoms with E-state index in [0.29, 0.717) is 17.6 Å². The van der Waals surface area contributed by atoms with Crippen molar-refractivity contribution in [1.29, 1.82) is 0 Å². The number of fused-ring (bicyclic) bond motifs is 1. The minimum atomic E-state index is -1.18. The molecule has 124 valence electrons. The summed E-state index contributed by atoms with van der Waals surface area (Å²) in [6.45, 7) is 5.40. The Labute approximate surface area is 147 Å². The van der Waals surface area contributed by atoms with Gasteiger partial charge in [-0.25, -0.2) is 4.39 Å². The van der Waals surface area contributed by atoms with Gasteiger partial charge in [-0.15, -0.1) is 0 Å². The number of halogens is 2. The number of phenolic OH excluding ortho intramolecular Hbond substituents is 1. The molecule has 0 unspecified atom stereocenters. The Morgan fingerprint density at radius 2 is 2.12 bits per heavy atom. The molecule has 0 aliphatic heterocycles. The van der Waals surface area contributed by atoms with Gasteiger partial charge in [0.15, 0.2) is 23.1 Å². The lowest BCUT2D eigenvalue weighted by Gasteiger charge is -2.45. The SMILES string of the molecule is C=CC1=CC[C@H]2C(=O)C=C(C)C(=O)[C@@]2(Br)[C@H]1c1ccc(O)c(F)c1. The number of aromatic hydroxyl groups is 1. The van der Waals surface area contributed by atoms with Gasteiger partial charge in [0, 0.05) is 11.8 Å². The highest BCUT2D eigenvalue weighted by Gasteiger charge is 2.56. The van der Waals surface area contributed by atoms with Gasteiger partial charge < -0.3 is 5.11 Å². The first-order chi connectivity index (χ1) is 11.3. The number of hydrogen-bond donors (Lipinski definition) is 1. The largest absolute Gasteiger partial charge is 0.505 e. The molecule has 3 nitrogen and oxygen atoms in total. The third-order valence-electron chi connectivity index (χ3n) is 4.80. The van der Waals surface area contributed by atoms with Crippen LogP contribution in [-0.4, -0.2) is 21.0 Å². The Morgan fingerprint density at radius 3 is 2.75 bits per heavy atom. The fourth-order valence-corrected chi connectivity index (χ4v) is 4.87. The summed E-state index contributed by atoms with van der Waals surface area (Å²) in [5.74, 6) is -2.65. The average Bonchev–Trinajstić information content (AvgIpc) is 2.54. The van der Waals surface area contributed by atoms with Crippen LogP contribution in [0.5, 0.6) is 5.75 Å². The molecule has 1 aromatic carbocycles. The molecule has 2 aliphatic carbocycles. The average molecular weight is 391 g/mol. The summed E-state index contributed by atoms with van der Waals surface area (Å²) in [7, 11) is 0. The Hall–Kier alpha value is -2.01. The molecule has 3 atom stereocenters. The zero-order chi connectivity index (χ0) is 17.6. The smallest absolute Gasteiger partial charge is 0.177 e. The normalized spacial score (nSPS) is 29.6. The van der Waals surface area contributed by atoms with E-state index in [-0.39, 0.29) is 11.6 Å². The van der Waals surface area contributed by atoms with Crippen molar-refractivity contribution in [2.45, 2.75) is 23.6 Å². The van der Waals surface area contributed by atoms with Crippen LogP contribution in [-0.2, 0) is 9.59 Å². The number of allylic oxidation sites excluding steroid dienone is 5. The Kier molecular flexibility index (Phi) is 4.08. The van der Waals surface area contributed by atoms with E-state index in [4.69, 9.17) is 0 Å². The van der Waals surface area contributed by atoms with E-state index in [9.17, 15) is 19.1 Å². The van der Waals surface area contributed by atoms with Crippen LogP contribution in [0.25, 0.3) is 0 Å². The van der Waals surface area contributed by atoms with Crippen LogP contribution < -0.4 is 0 Å². The highest BCUT2D eigenvalue weighted by molar-refractivity contribution is 9.10. The summed E-state index contributed by atoms with van der Waals surface area (Å²) < 4.78 is 12.7. The molecule has 0 aromatic heterocycles. The molecule has 0 fully saturated rings. The van der Waals surface area contributed by atoms with E-state index in [1.807, 2.05) is 6.08 Å². The molecule has 0 amide bonds. The van der Waals surface area contributed by atoms with Gasteiger partial charge in [0.2, 0.25) is 0 Å². The van der Waals surface area contributed by atoms with Crippen LogP contribution in [0.15, 0.2) is 54.2 Å². The second-order valence-electron chi connectivity index (χ2n) is 6.17. The van der Waals surface area contributed by atoms with Crippen molar-refractivity contribution in [2.24, 2.45) is 5.92 Å². The van der Waals surface area contributed by atoms with Crippen molar-refractivity contribution in [3.8, 4) is 5.75 Å². The molecule has 5 heteroatoms. The Bertz CT molecular complexity index is 824. The molecular weight excluding hydrogens is 375 g/mol. The summed E-state index contributed by atoms with van der Waals surface area (Å²) in [6.07, 6.45) is 5.29. The number of hydrogen-bond acceptors (Lipinski definition) is 3. The van der Waals surface area contributed by atoms with E-state index in [2.05, 4.69) is 22.5 Å². The van der Waals surface area contributed by atoms with Crippen LogP contribution in [0, 0.1) is 11.7 Å². The van der Waals surface area contributed by atoms with E-state index >= 15 is 0 Å². The molecule has 0 saturated heterocycles. The first kappa shape index (κ1) is 16.8. The lowest BCUT2D eigenvalue weighted by molar-refractivity contribution is -0.128. The predicted molar refractivity (Wildman–Crippen MR) is 92.6 cm³/mol. The van der Waals surface area contributed by atoms with E-state index in [1.54, 1.807) is 19.1 Å². The molecule has 1 N–H and O–H groups in total. The van der Waals surface area contributed by atoms with Crippen molar-refractivity contribution in [3.63, 3.8) is 0 Å². The predicted octanol–water partition coefficient (Wildman–Crippen LogP) is 3.98. The van der Waals surface area contributed by atoms with E-state index in [1.165, 1.54) is 18.2 Å². The minimum absolute atomic E-state index is 0.118. The summed E-state index contributed by atoms with van der Waals surface area (Å²) in [4.78, 5) is 25.4. The van der Waals surface area contributed by atoms with Gasteiger partial charge in [-0.05, 0) is 48.3 Å². The van der Waals surface area contributed by atoms with Crippen LogP contribution in [0.3, 0.4) is 0 Å². The fraction of sp³-hybridized carbons (Fsp3) is 0.263. The number of phenols is 1. The first-order valence-electron chi connectivity index (χ1n) is 7.57. The summed E-state index contributed by atoms with van der Waals surface area (Å²) in [6, 6.07) is 4.02. The monoisotopic (exact) mass is 390 g/mol. The molecule has 0 saturated carbocycles. The molecule has 2 aliphatic rings. The van der Waals surface area contributed by atoms with Crippen molar-refractivity contribution in [3.05, 3.63) is 65.5 Å². The van der Waals surface area contributed by atoms with Crippen molar-refractivity contribution in [1.82, 2.24) is 0 Å². The zero-order valence-corrected chi connectivity index (χ0v) is 14.6. The quantitative estimate of drug-likeness (QED) is 0.776.